The first-order valence-corrected chi connectivity index (χ1v) is 11.9. The highest BCUT2D eigenvalue weighted by Gasteiger charge is 2.32. The molecule has 1 amide bonds. The topological polar surface area (TPSA) is 81.3 Å². The Balaban J connectivity index is 1.75. The fourth-order valence-corrected chi connectivity index (χ4v) is 4.85. The number of benzene rings is 2. The fourth-order valence-electron chi connectivity index (χ4n) is 3.55. The summed E-state index contributed by atoms with van der Waals surface area (Å²) in [7, 11) is 0. The number of hydrogen-bond acceptors (Lipinski definition) is 6. The molecule has 0 saturated carbocycles. The summed E-state index contributed by atoms with van der Waals surface area (Å²) >= 11 is 6.72. The van der Waals surface area contributed by atoms with Gasteiger partial charge in [0.2, 0.25) is 0 Å². The molecule has 168 valence electrons. The normalized spacial score (nSPS) is 14.9. The molecule has 1 fully saturated rings. The first-order chi connectivity index (χ1) is 16.0. The van der Waals surface area contributed by atoms with Gasteiger partial charge in [-0.05, 0) is 24.6 Å². The van der Waals surface area contributed by atoms with Crippen LogP contribution in [0.5, 0.6) is 0 Å². The van der Waals surface area contributed by atoms with Crippen molar-refractivity contribution in [1.82, 2.24) is 14.7 Å². The Hall–Kier alpha value is -3.30. The molecule has 0 radical (unpaired) electrons. The van der Waals surface area contributed by atoms with Gasteiger partial charge in [0.1, 0.15) is 10.0 Å². The minimum Gasteiger partial charge on any atom is -0.293 e. The molecule has 1 saturated heterocycles. The molecular formula is C24H22N4O3S2. The highest BCUT2D eigenvalue weighted by atomic mass is 32.2. The van der Waals surface area contributed by atoms with Crippen LogP contribution >= 0.6 is 24.0 Å². The number of thioether (sulfide) groups is 1. The zero-order valence-corrected chi connectivity index (χ0v) is 19.6. The largest absolute Gasteiger partial charge is 0.293 e. The van der Waals surface area contributed by atoms with Gasteiger partial charge in [-0.1, -0.05) is 74.1 Å². The predicted octanol–water partition coefficient (Wildman–Crippen LogP) is 5.84. The maximum Gasteiger partial charge on any atom is 0.270 e. The minimum atomic E-state index is -0.432. The van der Waals surface area contributed by atoms with Crippen LogP contribution < -0.4 is 0 Å². The van der Waals surface area contributed by atoms with Gasteiger partial charge in [0.05, 0.1) is 15.5 Å². The maximum absolute atomic E-state index is 13.0. The number of carbonyl (C=O) groups excluding carboxylic acids is 1. The van der Waals surface area contributed by atoms with Gasteiger partial charge in [0.25, 0.3) is 11.6 Å². The van der Waals surface area contributed by atoms with Crippen molar-refractivity contribution in [1.29, 1.82) is 0 Å². The molecule has 0 unspecified atom stereocenters. The van der Waals surface area contributed by atoms with E-state index in [-0.39, 0.29) is 11.6 Å². The van der Waals surface area contributed by atoms with Crippen LogP contribution in [0.25, 0.3) is 23.0 Å². The Morgan fingerprint density at radius 3 is 2.67 bits per heavy atom. The molecule has 7 nitrogen and oxygen atoms in total. The number of carbonyl (C=O) groups is 1. The summed E-state index contributed by atoms with van der Waals surface area (Å²) in [5.74, 6) is -0.112. The van der Waals surface area contributed by atoms with Gasteiger partial charge in [0, 0.05) is 36.0 Å². The van der Waals surface area contributed by atoms with Gasteiger partial charge in [-0.3, -0.25) is 19.8 Å². The Kier molecular flexibility index (Phi) is 7.00. The lowest BCUT2D eigenvalue weighted by Crippen LogP contribution is -2.28. The molecule has 1 aliphatic heterocycles. The van der Waals surface area contributed by atoms with E-state index in [1.807, 2.05) is 36.5 Å². The third-order valence-corrected chi connectivity index (χ3v) is 6.62. The molecule has 1 aromatic heterocycles. The second kappa shape index (κ2) is 10.1. The molecule has 9 heteroatoms. The van der Waals surface area contributed by atoms with E-state index in [0.717, 1.165) is 24.9 Å². The molecule has 3 aromatic rings. The van der Waals surface area contributed by atoms with E-state index < -0.39 is 4.92 Å². The zero-order valence-electron chi connectivity index (χ0n) is 18.0. The molecular weight excluding hydrogens is 456 g/mol. The van der Waals surface area contributed by atoms with Gasteiger partial charge in [-0.25, -0.2) is 4.68 Å². The van der Waals surface area contributed by atoms with Gasteiger partial charge in [0.15, 0.2) is 0 Å². The van der Waals surface area contributed by atoms with E-state index >= 15 is 0 Å². The van der Waals surface area contributed by atoms with Crippen molar-refractivity contribution in [2.45, 2.75) is 26.2 Å². The molecule has 0 atom stereocenters. The van der Waals surface area contributed by atoms with Crippen molar-refractivity contribution in [3.05, 3.63) is 81.4 Å². The number of nitro benzene ring substituents is 1. The molecule has 4 rings (SSSR count). The predicted molar refractivity (Wildman–Crippen MR) is 135 cm³/mol. The van der Waals surface area contributed by atoms with Gasteiger partial charge in [-0.2, -0.15) is 5.10 Å². The number of non-ortho nitro benzene ring substituents is 1. The van der Waals surface area contributed by atoms with Crippen molar-refractivity contribution in [2.24, 2.45) is 0 Å². The minimum absolute atomic E-state index is 0.0186. The average Bonchev–Trinajstić information content (AvgIpc) is 3.36. The quantitative estimate of drug-likeness (QED) is 0.133. The van der Waals surface area contributed by atoms with Crippen molar-refractivity contribution in [3.63, 3.8) is 0 Å². The van der Waals surface area contributed by atoms with Crippen LogP contribution in [0.1, 0.15) is 31.7 Å². The summed E-state index contributed by atoms with van der Waals surface area (Å²) in [5, 5.41) is 16.0. The van der Waals surface area contributed by atoms with Gasteiger partial charge >= 0.3 is 0 Å². The third kappa shape index (κ3) is 5.04. The summed E-state index contributed by atoms with van der Waals surface area (Å²) in [6.45, 7) is 2.72. The molecule has 1 aliphatic rings. The molecule has 0 bridgehead atoms. The number of amides is 1. The standard InChI is InChI=1S/C24H22N4O3S2/c1-2-3-7-13-26-23(29)21(33-24(26)32)15-18-16-27(19-10-5-4-6-11-19)25-22(18)17-9-8-12-20(14-17)28(30)31/h4-6,8-12,14-16H,2-3,7,13H2,1H3/b21-15+. The number of unbranched alkanes of at least 4 members (excludes halogenated alkanes) is 2. The zero-order chi connectivity index (χ0) is 23.4. The Bertz CT molecular complexity index is 1240. The second-order valence-electron chi connectivity index (χ2n) is 7.56. The molecule has 0 spiro atoms. The summed E-state index contributed by atoms with van der Waals surface area (Å²) in [5.41, 5.74) is 2.67. The lowest BCUT2D eigenvalue weighted by Gasteiger charge is -2.13. The second-order valence-corrected chi connectivity index (χ2v) is 9.24. The summed E-state index contributed by atoms with van der Waals surface area (Å²) in [6.07, 6.45) is 6.61. The van der Waals surface area contributed by atoms with Crippen molar-refractivity contribution >= 4 is 46.0 Å². The molecule has 0 N–H and O–H groups in total. The van der Waals surface area contributed by atoms with E-state index in [9.17, 15) is 14.9 Å². The van der Waals surface area contributed by atoms with Crippen LogP contribution in [-0.4, -0.2) is 36.4 Å². The van der Waals surface area contributed by atoms with Crippen LogP contribution in [-0.2, 0) is 4.79 Å². The molecule has 2 heterocycles. The monoisotopic (exact) mass is 478 g/mol. The number of para-hydroxylation sites is 1. The maximum atomic E-state index is 13.0. The molecule has 33 heavy (non-hydrogen) atoms. The van der Waals surface area contributed by atoms with E-state index in [1.54, 1.807) is 27.8 Å². The van der Waals surface area contributed by atoms with Crippen molar-refractivity contribution < 1.29 is 9.72 Å². The number of rotatable bonds is 8. The number of aromatic nitrogens is 2. The number of nitro groups is 1. The summed E-state index contributed by atoms with van der Waals surface area (Å²) < 4.78 is 2.26. The Labute approximate surface area is 201 Å². The highest BCUT2D eigenvalue weighted by Crippen LogP contribution is 2.35. The number of nitrogens with zero attached hydrogens (tertiary/aromatic N) is 4. The van der Waals surface area contributed by atoms with E-state index in [0.29, 0.717) is 32.6 Å². The Morgan fingerprint density at radius 1 is 1.15 bits per heavy atom. The first-order valence-electron chi connectivity index (χ1n) is 10.6. The van der Waals surface area contributed by atoms with E-state index in [1.165, 1.54) is 23.9 Å². The van der Waals surface area contributed by atoms with Gasteiger partial charge < -0.3 is 0 Å². The van der Waals surface area contributed by atoms with Gasteiger partial charge in [-0.15, -0.1) is 0 Å². The fraction of sp³-hybridized carbons (Fsp3) is 0.208. The molecule has 2 aromatic carbocycles. The van der Waals surface area contributed by atoms with Crippen LogP contribution in [0.3, 0.4) is 0 Å². The lowest BCUT2D eigenvalue weighted by molar-refractivity contribution is -0.384. The lowest BCUT2D eigenvalue weighted by atomic mass is 10.1. The molecule has 0 aliphatic carbocycles. The van der Waals surface area contributed by atoms with Crippen molar-refractivity contribution in [2.75, 3.05) is 6.54 Å². The smallest absolute Gasteiger partial charge is 0.270 e. The van der Waals surface area contributed by atoms with Crippen molar-refractivity contribution in [3.8, 4) is 16.9 Å². The van der Waals surface area contributed by atoms with Crippen LogP contribution in [0.2, 0.25) is 0 Å². The Morgan fingerprint density at radius 2 is 1.94 bits per heavy atom. The summed E-state index contributed by atoms with van der Waals surface area (Å²) in [6, 6.07) is 15.9. The van der Waals surface area contributed by atoms with Crippen LogP contribution in [0, 0.1) is 10.1 Å². The number of hydrogen-bond donors (Lipinski definition) is 0. The SMILES string of the molecule is CCCCCN1C(=O)/C(=C\c2cn(-c3ccccc3)nc2-c2cccc([N+](=O)[O-])c2)SC1=S. The first kappa shape index (κ1) is 22.9. The van der Waals surface area contributed by atoms with E-state index in [2.05, 4.69) is 6.92 Å². The van der Waals surface area contributed by atoms with Crippen LogP contribution in [0.15, 0.2) is 65.7 Å². The van der Waals surface area contributed by atoms with E-state index in [4.69, 9.17) is 17.3 Å². The number of thiocarbonyl (C=S) groups is 1. The third-order valence-electron chi connectivity index (χ3n) is 5.24. The highest BCUT2D eigenvalue weighted by molar-refractivity contribution is 8.26. The average molecular weight is 479 g/mol. The van der Waals surface area contributed by atoms with Crippen LogP contribution in [0.4, 0.5) is 5.69 Å². The summed E-state index contributed by atoms with van der Waals surface area (Å²) in [4.78, 5) is 26.1.